The minimum absolute atomic E-state index is 0.0511. The average Bonchev–Trinajstić information content (AvgIpc) is 2.98. The molecule has 0 saturated carbocycles. The van der Waals surface area contributed by atoms with Crippen molar-refractivity contribution >= 4 is 35.4 Å². The van der Waals surface area contributed by atoms with Gasteiger partial charge in [0.2, 0.25) is 17.8 Å². The van der Waals surface area contributed by atoms with E-state index < -0.39 is 11.7 Å². The Hall–Kier alpha value is -4.33. The molecule has 0 amide bonds. The van der Waals surface area contributed by atoms with E-state index in [0.717, 1.165) is 38.1 Å². The Labute approximate surface area is 228 Å². The van der Waals surface area contributed by atoms with Crippen LogP contribution in [0.4, 0.5) is 42.4 Å². The van der Waals surface area contributed by atoms with Crippen LogP contribution in [0.15, 0.2) is 57.8 Å². The van der Waals surface area contributed by atoms with Gasteiger partial charge in [-0.1, -0.05) is 6.07 Å². The van der Waals surface area contributed by atoms with Gasteiger partial charge < -0.3 is 19.6 Å². The maximum absolute atomic E-state index is 13.0. The lowest BCUT2D eigenvalue weighted by Gasteiger charge is -2.30. The second kappa shape index (κ2) is 12.2. The van der Waals surface area contributed by atoms with Gasteiger partial charge in [0.1, 0.15) is 5.75 Å². The molecule has 3 heterocycles. The quantitative estimate of drug-likeness (QED) is 0.229. The topological polar surface area (TPSA) is 124 Å². The molecule has 0 bridgehead atoms. The molecule has 2 N–H and O–H groups in total. The first-order chi connectivity index (χ1) is 19.3. The number of hydrogen-bond acceptors (Lipinski definition) is 11. The zero-order chi connectivity index (χ0) is 28.0. The van der Waals surface area contributed by atoms with E-state index >= 15 is 0 Å². The molecule has 2 aliphatic heterocycles. The van der Waals surface area contributed by atoms with Crippen LogP contribution in [0.1, 0.15) is 30.4 Å². The molecule has 210 valence electrons. The Bertz CT molecular complexity index is 1340. The lowest BCUT2D eigenvalue weighted by Crippen LogP contribution is -2.38. The van der Waals surface area contributed by atoms with Gasteiger partial charge in [-0.05, 0) is 55.7 Å². The number of hydrazone groups is 1. The Balaban J connectivity index is 1.32. The number of phenolic OH excluding ortho intramolecular Hbond substituents is 1. The summed E-state index contributed by atoms with van der Waals surface area (Å²) in [7, 11) is 0. The van der Waals surface area contributed by atoms with Crippen molar-refractivity contribution in [3.63, 3.8) is 0 Å². The van der Waals surface area contributed by atoms with E-state index in [0.29, 0.717) is 49.5 Å². The number of hydrogen-bond donors (Lipinski definition) is 2. The molecule has 2 aliphatic rings. The number of rotatable bonds is 7. The van der Waals surface area contributed by atoms with E-state index in [4.69, 9.17) is 9.72 Å². The molecule has 1 aromatic heterocycles. The van der Waals surface area contributed by atoms with Crippen LogP contribution in [-0.2, 0) is 10.9 Å². The fourth-order valence-corrected chi connectivity index (χ4v) is 4.27. The largest absolute Gasteiger partial charge is 0.507 e. The first kappa shape index (κ1) is 27.2. The number of nitrogens with one attached hydrogen (secondary N) is 1. The van der Waals surface area contributed by atoms with E-state index in [1.807, 2.05) is 4.90 Å². The van der Waals surface area contributed by atoms with Gasteiger partial charge >= 0.3 is 6.18 Å². The third-order valence-electron chi connectivity index (χ3n) is 6.38. The van der Waals surface area contributed by atoms with Gasteiger partial charge in [0, 0.05) is 31.7 Å². The lowest BCUT2D eigenvalue weighted by molar-refractivity contribution is -0.137. The third kappa shape index (κ3) is 7.00. The SMILES string of the molecule is Oc1ccc(N=Nc2cccc(C(F)(F)F)c2)cc1/C=N\Nc1nc(N2CCCCC2)nc(N2CCOCC2)n1. The van der Waals surface area contributed by atoms with Gasteiger partial charge in [0.25, 0.3) is 0 Å². The zero-order valence-electron chi connectivity index (χ0n) is 21.5. The summed E-state index contributed by atoms with van der Waals surface area (Å²) in [6, 6.07) is 8.95. The summed E-state index contributed by atoms with van der Waals surface area (Å²) < 4.78 is 44.3. The molecular weight excluding hydrogens is 527 g/mol. The maximum Gasteiger partial charge on any atom is 0.416 e. The number of aromatic nitrogens is 3. The number of morpholine rings is 1. The second-order valence-corrected chi connectivity index (χ2v) is 9.27. The van der Waals surface area contributed by atoms with Crippen LogP contribution in [0, 0.1) is 0 Å². The van der Waals surface area contributed by atoms with Gasteiger partial charge in [-0.25, -0.2) is 5.43 Å². The standard InChI is InChI=1S/C26H28F3N9O2/c27-26(28,29)19-5-4-6-20(16-19)34-35-21-7-8-22(39)18(15-21)17-30-36-23-31-24(37-9-2-1-3-10-37)33-25(32-23)38-11-13-40-14-12-38/h4-8,15-17,39H,1-3,9-14H2,(H,31,32,33,36)/b30-17-,35-34?. The molecule has 2 saturated heterocycles. The molecule has 5 rings (SSSR count). The van der Waals surface area contributed by atoms with Crippen LogP contribution >= 0.6 is 0 Å². The highest BCUT2D eigenvalue weighted by atomic mass is 19.4. The van der Waals surface area contributed by atoms with Crippen LogP contribution in [0.2, 0.25) is 0 Å². The molecule has 0 radical (unpaired) electrons. The predicted molar refractivity (Wildman–Crippen MR) is 144 cm³/mol. The maximum atomic E-state index is 13.0. The molecule has 14 heteroatoms. The van der Waals surface area contributed by atoms with Crippen LogP contribution in [0.5, 0.6) is 5.75 Å². The van der Waals surface area contributed by atoms with Crippen LogP contribution in [0.3, 0.4) is 0 Å². The van der Waals surface area contributed by atoms with Crippen LogP contribution in [-0.4, -0.2) is 65.7 Å². The molecule has 3 aromatic rings. The fraction of sp³-hybridized carbons (Fsp3) is 0.385. The van der Waals surface area contributed by atoms with E-state index in [1.54, 1.807) is 0 Å². The average molecular weight is 556 g/mol. The number of azo groups is 1. The second-order valence-electron chi connectivity index (χ2n) is 9.27. The number of aromatic hydroxyl groups is 1. The summed E-state index contributed by atoms with van der Waals surface area (Å²) >= 11 is 0. The van der Waals surface area contributed by atoms with E-state index in [9.17, 15) is 18.3 Å². The Morgan fingerprint density at radius 1 is 0.850 bits per heavy atom. The minimum atomic E-state index is -4.48. The predicted octanol–water partition coefficient (Wildman–Crippen LogP) is 5.28. The fourth-order valence-electron chi connectivity index (χ4n) is 4.27. The number of alkyl halides is 3. The zero-order valence-corrected chi connectivity index (χ0v) is 21.5. The summed E-state index contributed by atoms with van der Waals surface area (Å²) in [4.78, 5) is 18.0. The van der Waals surface area contributed by atoms with Crippen molar-refractivity contribution in [1.29, 1.82) is 0 Å². The molecule has 11 nitrogen and oxygen atoms in total. The Morgan fingerprint density at radius 3 is 2.23 bits per heavy atom. The monoisotopic (exact) mass is 555 g/mol. The lowest BCUT2D eigenvalue weighted by atomic mass is 10.1. The third-order valence-corrected chi connectivity index (χ3v) is 6.38. The first-order valence-corrected chi connectivity index (χ1v) is 12.9. The van der Waals surface area contributed by atoms with E-state index in [1.165, 1.54) is 43.0 Å². The highest BCUT2D eigenvalue weighted by molar-refractivity contribution is 5.85. The van der Waals surface area contributed by atoms with Gasteiger partial charge in [-0.3, -0.25) is 0 Å². The van der Waals surface area contributed by atoms with Crippen molar-refractivity contribution in [2.45, 2.75) is 25.4 Å². The summed E-state index contributed by atoms with van der Waals surface area (Å²) in [6.45, 7) is 4.25. The molecule has 0 unspecified atom stereocenters. The normalized spacial score (nSPS) is 16.7. The van der Waals surface area contributed by atoms with Crippen molar-refractivity contribution in [2.75, 3.05) is 54.6 Å². The van der Waals surface area contributed by atoms with Crippen molar-refractivity contribution in [3.8, 4) is 5.75 Å². The summed E-state index contributed by atoms with van der Waals surface area (Å²) in [6.07, 6.45) is 0.212. The highest BCUT2D eigenvalue weighted by Crippen LogP contribution is 2.32. The van der Waals surface area contributed by atoms with Crippen molar-refractivity contribution in [3.05, 3.63) is 53.6 Å². The van der Waals surface area contributed by atoms with Crippen molar-refractivity contribution in [1.82, 2.24) is 15.0 Å². The molecule has 40 heavy (non-hydrogen) atoms. The first-order valence-electron chi connectivity index (χ1n) is 12.9. The molecule has 2 aromatic carbocycles. The number of benzene rings is 2. The van der Waals surface area contributed by atoms with Gasteiger partial charge in [0.15, 0.2) is 0 Å². The van der Waals surface area contributed by atoms with Crippen molar-refractivity contribution in [2.24, 2.45) is 15.3 Å². The van der Waals surface area contributed by atoms with Crippen LogP contribution < -0.4 is 15.2 Å². The van der Waals surface area contributed by atoms with Gasteiger partial charge in [-0.15, -0.1) is 0 Å². The van der Waals surface area contributed by atoms with E-state index in [-0.39, 0.29) is 17.4 Å². The molecule has 0 atom stereocenters. The highest BCUT2D eigenvalue weighted by Gasteiger charge is 2.30. The smallest absolute Gasteiger partial charge is 0.416 e. The number of ether oxygens (including phenoxy) is 1. The summed E-state index contributed by atoms with van der Waals surface area (Å²) in [5.41, 5.74) is 2.70. The minimum Gasteiger partial charge on any atom is -0.507 e. The number of anilines is 3. The summed E-state index contributed by atoms with van der Waals surface area (Å²) in [5, 5.41) is 22.4. The summed E-state index contributed by atoms with van der Waals surface area (Å²) in [5.74, 6) is 1.31. The number of piperidine rings is 1. The molecule has 0 aliphatic carbocycles. The molecule has 0 spiro atoms. The van der Waals surface area contributed by atoms with Gasteiger partial charge in [-0.2, -0.15) is 43.5 Å². The van der Waals surface area contributed by atoms with Gasteiger partial charge in [0.05, 0.1) is 36.4 Å². The number of nitrogens with zero attached hydrogens (tertiary/aromatic N) is 8. The molecule has 2 fully saturated rings. The number of halogens is 3. The Morgan fingerprint density at radius 2 is 1.52 bits per heavy atom. The van der Waals surface area contributed by atoms with Crippen molar-refractivity contribution < 1.29 is 23.0 Å². The number of phenols is 1. The molecular formula is C26H28F3N9O2. The Kier molecular flexibility index (Phi) is 8.34. The van der Waals surface area contributed by atoms with E-state index in [2.05, 4.69) is 35.6 Å². The van der Waals surface area contributed by atoms with Crippen LogP contribution in [0.25, 0.3) is 0 Å².